The Morgan fingerprint density at radius 2 is 1.80 bits per heavy atom. The summed E-state index contributed by atoms with van der Waals surface area (Å²) in [4.78, 5) is 35.0. The van der Waals surface area contributed by atoms with Crippen LogP contribution in [-0.4, -0.2) is 68.2 Å². The van der Waals surface area contributed by atoms with Gasteiger partial charge in [0, 0.05) is 36.0 Å². The van der Waals surface area contributed by atoms with Crippen molar-refractivity contribution in [2.45, 2.75) is 70.6 Å². The molecular formula is C28H31Cl3N6O4. The van der Waals surface area contributed by atoms with Gasteiger partial charge < -0.3 is 14.4 Å². The van der Waals surface area contributed by atoms with E-state index in [9.17, 15) is 9.59 Å². The Morgan fingerprint density at radius 3 is 2.44 bits per heavy atom. The molecule has 1 fully saturated rings. The van der Waals surface area contributed by atoms with Gasteiger partial charge in [-0.3, -0.25) is 4.79 Å². The second kappa shape index (κ2) is 11.3. The zero-order valence-electron chi connectivity index (χ0n) is 23.4. The van der Waals surface area contributed by atoms with Crippen LogP contribution in [0.25, 0.3) is 5.69 Å². The predicted molar refractivity (Wildman–Crippen MR) is 157 cm³/mol. The van der Waals surface area contributed by atoms with Crippen molar-refractivity contribution >= 4 is 52.6 Å². The Hall–Kier alpha value is -3.08. The summed E-state index contributed by atoms with van der Waals surface area (Å²) in [6.45, 7) is 7.86. The third-order valence-electron chi connectivity index (χ3n) is 7.27. The Balaban J connectivity index is 1.34. The molecule has 2 aliphatic heterocycles. The molecule has 0 radical (unpaired) electrons. The van der Waals surface area contributed by atoms with E-state index in [4.69, 9.17) is 44.3 Å². The lowest BCUT2D eigenvalue weighted by Crippen LogP contribution is -2.54. The number of piperidine rings is 1. The third-order valence-corrected chi connectivity index (χ3v) is 8.06. The van der Waals surface area contributed by atoms with Crippen LogP contribution >= 0.6 is 34.8 Å². The average molecular weight is 622 g/mol. The molecule has 1 aromatic carbocycles. The van der Waals surface area contributed by atoms with E-state index in [-0.39, 0.29) is 17.9 Å². The minimum atomic E-state index is -0.770. The number of likely N-dealkylation sites (tertiary alicyclic amines) is 1. The molecule has 0 saturated carbocycles. The van der Waals surface area contributed by atoms with Crippen molar-refractivity contribution in [3.8, 4) is 11.6 Å². The SMILES string of the molecule is COc1ccc2c(n1)N(C(=O)OC(C)(C)C)C(C(=O)N1CCC(c3cn(-c4c(Cl)cc(Cl)cc4Cl)nn3)CC1C)C2. The molecule has 4 heterocycles. The minimum Gasteiger partial charge on any atom is -0.481 e. The molecule has 3 unspecified atom stereocenters. The first kappa shape index (κ1) is 29.4. The number of hydrogen-bond donors (Lipinski definition) is 0. The fourth-order valence-electron chi connectivity index (χ4n) is 5.40. The van der Waals surface area contributed by atoms with Crippen molar-refractivity contribution in [3.05, 3.63) is 56.8 Å². The van der Waals surface area contributed by atoms with Crippen LogP contribution in [0.15, 0.2) is 30.5 Å². The van der Waals surface area contributed by atoms with E-state index in [2.05, 4.69) is 15.3 Å². The summed E-state index contributed by atoms with van der Waals surface area (Å²) in [6.07, 6.45) is 2.88. The quantitative estimate of drug-likeness (QED) is 0.347. The number of nitrogens with zero attached hydrogens (tertiary/aromatic N) is 6. The lowest BCUT2D eigenvalue weighted by Gasteiger charge is -2.39. The molecule has 10 nitrogen and oxygen atoms in total. The van der Waals surface area contributed by atoms with Crippen LogP contribution < -0.4 is 9.64 Å². The number of ether oxygens (including phenoxy) is 2. The topological polar surface area (TPSA) is 103 Å². The van der Waals surface area contributed by atoms with Crippen molar-refractivity contribution in [1.29, 1.82) is 0 Å². The summed E-state index contributed by atoms with van der Waals surface area (Å²) in [5.74, 6) is 0.660. The number of fused-ring (bicyclic) bond motifs is 1. The molecule has 218 valence electrons. The molecule has 0 bridgehead atoms. The van der Waals surface area contributed by atoms with Crippen LogP contribution in [0.2, 0.25) is 15.1 Å². The molecule has 2 amide bonds. The maximum Gasteiger partial charge on any atom is 0.416 e. The highest BCUT2D eigenvalue weighted by Crippen LogP contribution is 2.38. The molecular weight excluding hydrogens is 591 g/mol. The van der Waals surface area contributed by atoms with E-state index in [1.54, 1.807) is 43.7 Å². The van der Waals surface area contributed by atoms with Gasteiger partial charge in [0.15, 0.2) is 0 Å². The number of amides is 2. The van der Waals surface area contributed by atoms with E-state index in [0.29, 0.717) is 58.3 Å². The number of pyridine rings is 1. The summed E-state index contributed by atoms with van der Waals surface area (Å²) in [5, 5.41) is 9.80. The van der Waals surface area contributed by atoms with Gasteiger partial charge in [0.2, 0.25) is 11.8 Å². The Morgan fingerprint density at radius 1 is 1.10 bits per heavy atom. The van der Waals surface area contributed by atoms with E-state index in [1.807, 2.05) is 24.1 Å². The molecule has 5 rings (SSSR count). The number of rotatable bonds is 4. The fourth-order valence-corrected chi connectivity index (χ4v) is 6.39. The number of methoxy groups -OCH3 is 1. The third kappa shape index (κ3) is 5.96. The Labute approximate surface area is 253 Å². The minimum absolute atomic E-state index is 0.0707. The maximum atomic E-state index is 14.0. The number of aromatic nitrogens is 4. The van der Waals surface area contributed by atoms with Gasteiger partial charge in [-0.1, -0.05) is 40.0 Å². The van der Waals surface area contributed by atoms with Gasteiger partial charge in [-0.15, -0.1) is 5.10 Å². The molecule has 0 aliphatic carbocycles. The molecule has 3 atom stereocenters. The summed E-state index contributed by atoms with van der Waals surface area (Å²) >= 11 is 18.8. The standard InChI is InChI=1S/C28H31Cl3N6O4/c1-15-10-16(21-14-36(34-33-21)24-19(30)12-18(29)13-20(24)31)8-9-35(15)26(38)22-11-17-6-7-23(40-5)32-25(17)37(22)27(39)41-28(2,3)4/h6-7,12-16,22H,8-11H2,1-5H3. The number of halogens is 3. The van der Waals surface area contributed by atoms with Crippen LogP contribution in [0, 0.1) is 0 Å². The van der Waals surface area contributed by atoms with E-state index in [0.717, 1.165) is 11.3 Å². The van der Waals surface area contributed by atoms with E-state index in [1.165, 1.54) is 12.0 Å². The fraction of sp³-hybridized carbons (Fsp3) is 0.464. The van der Waals surface area contributed by atoms with Gasteiger partial charge in [0.05, 0.1) is 29.0 Å². The molecule has 13 heteroatoms. The maximum absolute atomic E-state index is 14.0. The van der Waals surface area contributed by atoms with Gasteiger partial charge in [-0.2, -0.15) is 4.98 Å². The van der Waals surface area contributed by atoms with Gasteiger partial charge in [0.25, 0.3) is 0 Å². The lowest BCUT2D eigenvalue weighted by atomic mass is 9.89. The second-order valence-corrected chi connectivity index (χ2v) is 12.6. The number of benzene rings is 1. The molecule has 0 N–H and O–H groups in total. The zero-order valence-corrected chi connectivity index (χ0v) is 25.7. The van der Waals surface area contributed by atoms with Gasteiger partial charge in [0.1, 0.15) is 23.1 Å². The van der Waals surface area contributed by atoms with Crippen LogP contribution in [0.3, 0.4) is 0 Å². The normalized spacial score (nSPS) is 20.6. The van der Waals surface area contributed by atoms with E-state index < -0.39 is 17.7 Å². The largest absolute Gasteiger partial charge is 0.481 e. The summed E-state index contributed by atoms with van der Waals surface area (Å²) in [6, 6.07) is 5.89. The first-order valence-electron chi connectivity index (χ1n) is 13.3. The zero-order chi connectivity index (χ0) is 29.6. The van der Waals surface area contributed by atoms with Gasteiger partial charge in [-0.05, 0) is 64.3 Å². The van der Waals surface area contributed by atoms with Crippen LogP contribution in [-0.2, 0) is 16.0 Å². The smallest absolute Gasteiger partial charge is 0.416 e. The van der Waals surface area contributed by atoms with Gasteiger partial charge in [-0.25, -0.2) is 14.4 Å². The molecule has 41 heavy (non-hydrogen) atoms. The van der Waals surface area contributed by atoms with Crippen LogP contribution in [0.5, 0.6) is 5.88 Å². The molecule has 0 spiro atoms. The summed E-state index contributed by atoms with van der Waals surface area (Å²) in [7, 11) is 1.51. The summed E-state index contributed by atoms with van der Waals surface area (Å²) < 4.78 is 12.5. The van der Waals surface area contributed by atoms with Crippen molar-refractivity contribution in [1.82, 2.24) is 24.9 Å². The highest BCUT2D eigenvalue weighted by molar-refractivity contribution is 6.40. The van der Waals surface area contributed by atoms with Crippen molar-refractivity contribution in [2.24, 2.45) is 0 Å². The van der Waals surface area contributed by atoms with Crippen LogP contribution in [0.4, 0.5) is 10.6 Å². The molecule has 1 saturated heterocycles. The Kier molecular flexibility index (Phi) is 8.11. The first-order chi connectivity index (χ1) is 19.4. The number of carbonyl (C=O) groups excluding carboxylic acids is 2. The number of hydrogen-bond acceptors (Lipinski definition) is 7. The predicted octanol–water partition coefficient (Wildman–Crippen LogP) is 6.09. The highest BCUT2D eigenvalue weighted by Gasteiger charge is 2.45. The van der Waals surface area contributed by atoms with Crippen molar-refractivity contribution in [2.75, 3.05) is 18.6 Å². The average Bonchev–Trinajstić information content (AvgIpc) is 3.51. The molecule has 2 aliphatic rings. The van der Waals surface area contributed by atoms with Crippen molar-refractivity contribution < 1.29 is 19.1 Å². The summed E-state index contributed by atoms with van der Waals surface area (Å²) in [5.41, 5.74) is 1.33. The first-order valence-corrected chi connectivity index (χ1v) is 14.4. The molecule has 3 aromatic rings. The monoisotopic (exact) mass is 620 g/mol. The lowest BCUT2D eigenvalue weighted by molar-refractivity contribution is -0.136. The van der Waals surface area contributed by atoms with Crippen molar-refractivity contribution in [3.63, 3.8) is 0 Å². The molecule has 2 aromatic heterocycles. The van der Waals surface area contributed by atoms with Crippen LogP contribution in [0.1, 0.15) is 57.7 Å². The Bertz CT molecular complexity index is 1470. The van der Waals surface area contributed by atoms with Gasteiger partial charge >= 0.3 is 6.09 Å². The second-order valence-electron chi connectivity index (χ2n) is 11.3. The highest BCUT2D eigenvalue weighted by atomic mass is 35.5. The number of carbonyl (C=O) groups is 2. The number of anilines is 1. The van der Waals surface area contributed by atoms with E-state index >= 15 is 0 Å².